The minimum Gasteiger partial charge on any atom is -0.507 e. The van der Waals surface area contributed by atoms with Crippen molar-refractivity contribution in [1.82, 2.24) is 10.1 Å². The van der Waals surface area contributed by atoms with Crippen molar-refractivity contribution in [3.63, 3.8) is 0 Å². The highest BCUT2D eigenvalue weighted by Gasteiger charge is 2.14. The molecule has 21 heavy (non-hydrogen) atoms. The van der Waals surface area contributed by atoms with E-state index < -0.39 is 5.82 Å². The summed E-state index contributed by atoms with van der Waals surface area (Å²) >= 11 is 1.65. The summed E-state index contributed by atoms with van der Waals surface area (Å²) in [6.45, 7) is 0. The second kappa shape index (κ2) is 5.57. The Kier molecular flexibility index (Phi) is 3.62. The van der Waals surface area contributed by atoms with Gasteiger partial charge in [0.2, 0.25) is 5.82 Å². The monoisotopic (exact) mass is 302 g/mol. The molecular weight excluding hydrogens is 291 g/mol. The zero-order valence-electron chi connectivity index (χ0n) is 11.1. The molecule has 1 aromatic heterocycles. The molecule has 0 unspecified atom stereocenters. The van der Waals surface area contributed by atoms with Crippen molar-refractivity contribution in [2.45, 2.75) is 4.90 Å². The molecule has 0 saturated carbocycles. The van der Waals surface area contributed by atoms with E-state index in [0.29, 0.717) is 11.4 Å². The van der Waals surface area contributed by atoms with Crippen LogP contribution in [0.4, 0.5) is 4.39 Å². The second-order valence-corrected chi connectivity index (χ2v) is 5.19. The first kappa shape index (κ1) is 13.6. The molecular formula is C15H11FN2O2S. The maximum absolute atomic E-state index is 13.0. The van der Waals surface area contributed by atoms with Crippen LogP contribution in [0.15, 0.2) is 51.9 Å². The molecule has 2 aromatic carbocycles. The van der Waals surface area contributed by atoms with Crippen molar-refractivity contribution in [3.8, 4) is 28.6 Å². The molecule has 0 bridgehead atoms. The molecule has 1 N–H and O–H groups in total. The van der Waals surface area contributed by atoms with Gasteiger partial charge in [0.25, 0.3) is 5.89 Å². The number of phenols is 1. The summed E-state index contributed by atoms with van der Waals surface area (Å²) in [5.74, 6) is -0.190. The molecule has 4 nitrogen and oxygen atoms in total. The molecule has 3 aromatic rings. The number of halogens is 1. The van der Waals surface area contributed by atoms with E-state index in [0.717, 1.165) is 16.5 Å². The van der Waals surface area contributed by atoms with Gasteiger partial charge in [-0.2, -0.15) is 4.98 Å². The van der Waals surface area contributed by atoms with Gasteiger partial charge in [-0.1, -0.05) is 5.16 Å². The molecule has 0 saturated heterocycles. The van der Waals surface area contributed by atoms with Crippen molar-refractivity contribution in [2.24, 2.45) is 0 Å². The normalized spacial score (nSPS) is 10.8. The lowest BCUT2D eigenvalue weighted by molar-refractivity contribution is 0.425. The molecule has 0 amide bonds. The zero-order chi connectivity index (χ0) is 14.8. The molecule has 0 aliphatic rings. The van der Waals surface area contributed by atoms with Crippen LogP contribution in [-0.2, 0) is 0 Å². The van der Waals surface area contributed by atoms with Gasteiger partial charge in [-0.25, -0.2) is 4.39 Å². The number of thioether (sulfide) groups is 1. The molecule has 1 heterocycles. The molecule has 3 rings (SSSR count). The maximum atomic E-state index is 13.0. The fraction of sp³-hybridized carbons (Fsp3) is 0.0667. The van der Waals surface area contributed by atoms with Gasteiger partial charge in [-0.05, 0) is 42.7 Å². The van der Waals surface area contributed by atoms with Gasteiger partial charge in [0.05, 0.1) is 5.56 Å². The highest BCUT2D eigenvalue weighted by Crippen LogP contribution is 2.30. The molecule has 0 fully saturated rings. The van der Waals surface area contributed by atoms with Crippen LogP contribution in [0.2, 0.25) is 0 Å². The van der Waals surface area contributed by atoms with E-state index in [1.165, 1.54) is 12.1 Å². The number of benzene rings is 2. The summed E-state index contributed by atoms with van der Waals surface area (Å²) in [7, 11) is 0. The van der Waals surface area contributed by atoms with E-state index in [9.17, 15) is 9.50 Å². The SMILES string of the molecule is CSc1ccc(-c2noc(-c3ccc(F)cc3O)n2)cc1. The first-order valence-electron chi connectivity index (χ1n) is 6.14. The third-order valence-corrected chi connectivity index (χ3v) is 3.71. The average molecular weight is 302 g/mol. The molecule has 0 atom stereocenters. The van der Waals surface area contributed by atoms with Gasteiger partial charge in [0, 0.05) is 16.5 Å². The Morgan fingerprint density at radius 3 is 2.57 bits per heavy atom. The fourth-order valence-corrected chi connectivity index (χ4v) is 2.28. The zero-order valence-corrected chi connectivity index (χ0v) is 11.9. The number of aromatic nitrogens is 2. The van der Waals surface area contributed by atoms with Crippen LogP contribution in [0.3, 0.4) is 0 Å². The van der Waals surface area contributed by atoms with Crippen molar-refractivity contribution >= 4 is 11.8 Å². The Morgan fingerprint density at radius 1 is 1.14 bits per heavy atom. The molecule has 0 spiro atoms. The Hall–Kier alpha value is -2.34. The quantitative estimate of drug-likeness (QED) is 0.742. The lowest BCUT2D eigenvalue weighted by atomic mass is 10.2. The van der Waals surface area contributed by atoms with E-state index in [1.807, 2.05) is 30.5 Å². The van der Waals surface area contributed by atoms with Crippen molar-refractivity contribution < 1.29 is 14.0 Å². The summed E-state index contributed by atoms with van der Waals surface area (Å²) in [5.41, 5.74) is 1.11. The van der Waals surface area contributed by atoms with Gasteiger partial charge < -0.3 is 9.63 Å². The second-order valence-electron chi connectivity index (χ2n) is 4.31. The minimum absolute atomic E-state index is 0.149. The number of aromatic hydroxyl groups is 1. The van der Waals surface area contributed by atoms with Crippen molar-refractivity contribution in [3.05, 3.63) is 48.3 Å². The van der Waals surface area contributed by atoms with Crippen LogP contribution in [0, 0.1) is 5.82 Å². The number of hydrogen-bond donors (Lipinski definition) is 1. The van der Waals surface area contributed by atoms with Crippen molar-refractivity contribution in [2.75, 3.05) is 6.26 Å². The smallest absolute Gasteiger partial charge is 0.262 e. The molecule has 6 heteroatoms. The maximum Gasteiger partial charge on any atom is 0.262 e. The van der Waals surface area contributed by atoms with Gasteiger partial charge in [-0.15, -0.1) is 11.8 Å². The fourth-order valence-electron chi connectivity index (χ4n) is 1.88. The third-order valence-electron chi connectivity index (χ3n) is 2.96. The highest BCUT2D eigenvalue weighted by atomic mass is 32.2. The Labute approximate surface area is 124 Å². The number of phenolic OH excluding ortho intramolecular Hbond substituents is 1. The summed E-state index contributed by atoms with van der Waals surface area (Å²) < 4.78 is 18.1. The summed E-state index contributed by atoms with van der Waals surface area (Å²) in [6.07, 6.45) is 2.00. The summed E-state index contributed by atoms with van der Waals surface area (Å²) in [6, 6.07) is 11.4. The van der Waals surface area contributed by atoms with E-state index in [2.05, 4.69) is 10.1 Å². The van der Waals surface area contributed by atoms with Gasteiger partial charge >= 0.3 is 0 Å². The van der Waals surface area contributed by atoms with Gasteiger partial charge in [-0.3, -0.25) is 0 Å². The van der Waals surface area contributed by atoms with Crippen LogP contribution in [0.25, 0.3) is 22.8 Å². The summed E-state index contributed by atoms with van der Waals surface area (Å²) in [5, 5.41) is 13.6. The average Bonchev–Trinajstić information content (AvgIpc) is 2.97. The van der Waals surface area contributed by atoms with Crippen LogP contribution < -0.4 is 0 Å². The Morgan fingerprint density at radius 2 is 1.90 bits per heavy atom. The summed E-state index contributed by atoms with van der Waals surface area (Å²) in [4.78, 5) is 5.37. The van der Waals surface area contributed by atoms with Gasteiger partial charge in [0.15, 0.2) is 0 Å². The van der Waals surface area contributed by atoms with Crippen LogP contribution in [0.5, 0.6) is 5.75 Å². The standard InChI is InChI=1S/C15H11FN2O2S/c1-21-11-5-2-9(3-6-11)14-17-15(20-18-14)12-7-4-10(16)8-13(12)19/h2-8,19H,1H3. The van der Waals surface area contributed by atoms with Gasteiger partial charge in [0.1, 0.15) is 11.6 Å². The molecule has 0 aliphatic heterocycles. The number of nitrogens with zero attached hydrogens (tertiary/aromatic N) is 2. The first-order chi connectivity index (χ1) is 10.2. The Bertz CT molecular complexity index is 772. The number of rotatable bonds is 3. The third kappa shape index (κ3) is 2.75. The predicted octanol–water partition coefficient (Wildman–Crippen LogP) is 3.97. The largest absolute Gasteiger partial charge is 0.507 e. The first-order valence-corrected chi connectivity index (χ1v) is 7.37. The van der Waals surface area contributed by atoms with E-state index in [4.69, 9.17) is 4.52 Å². The van der Waals surface area contributed by atoms with E-state index in [1.54, 1.807) is 11.8 Å². The van der Waals surface area contributed by atoms with Crippen LogP contribution >= 0.6 is 11.8 Å². The van der Waals surface area contributed by atoms with E-state index in [-0.39, 0.29) is 11.6 Å². The highest BCUT2D eigenvalue weighted by molar-refractivity contribution is 7.98. The lowest BCUT2D eigenvalue weighted by Crippen LogP contribution is -1.83. The molecule has 106 valence electrons. The predicted molar refractivity (Wildman–Crippen MR) is 78.6 cm³/mol. The van der Waals surface area contributed by atoms with Crippen LogP contribution in [0.1, 0.15) is 0 Å². The molecule has 0 radical (unpaired) electrons. The Balaban J connectivity index is 1.95. The molecule has 0 aliphatic carbocycles. The lowest BCUT2D eigenvalue weighted by Gasteiger charge is -1.98. The van der Waals surface area contributed by atoms with Crippen LogP contribution in [-0.4, -0.2) is 21.5 Å². The van der Waals surface area contributed by atoms with Crippen molar-refractivity contribution in [1.29, 1.82) is 0 Å². The number of hydrogen-bond acceptors (Lipinski definition) is 5. The van der Waals surface area contributed by atoms with E-state index >= 15 is 0 Å². The minimum atomic E-state index is -0.524. The topological polar surface area (TPSA) is 59.2 Å².